The lowest BCUT2D eigenvalue weighted by Crippen LogP contribution is -2.16. The van der Waals surface area contributed by atoms with Crippen molar-refractivity contribution in [3.8, 4) is 11.1 Å². The van der Waals surface area contributed by atoms with Gasteiger partial charge in [0.15, 0.2) is 0 Å². The SMILES string of the molecule is CCOC(=O)C(C)Cc1ccc2c(-c3ccc(F)cc3C)cc(=O)oc2c1. The number of rotatable bonds is 5. The number of benzene rings is 2. The Hall–Kier alpha value is -2.95. The summed E-state index contributed by atoms with van der Waals surface area (Å²) in [4.78, 5) is 23.9. The zero-order chi connectivity index (χ0) is 19.6. The minimum atomic E-state index is -0.475. The van der Waals surface area contributed by atoms with Crippen LogP contribution >= 0.6 is 0 Å². The van der Waals surface area contributed by atoms with Crippen molar-refractivity contribution in [2.24, 2.45) is 5.92 Å². The predicted octanol–water partition coefficient (Wildman–Crippen LogP) is 4.65. The van der Waals surface area contributed by atoms with Crippen LogP contribution in [0.3, 0.4) is 0 Å². The Kier molecular flexibility index (Phi) is 5.40. The van der Waals surface area contributed by atoms with Crippen LogP contribution in [-0.2, 0) is 16.0 Å². The zero-order valence-corrected chi connectivity index (χ0v) is 15.5. The summed E-state index contributed by atoms with van der Waals surface area (Å²) < 4.78 is 23.8. The fraction of sp³-hybridized carbons (Fsp3) is 0.273. The smallest absolute Gasteiger partial charge is 0.336 e. The van der Waals surface area contributed by atoms with Crippen LogP contribution in [0.15, 0.2) is 51.7 Å². The zero-order valence-electron chi connectivity index (χ0n) is 15.5. The van der Waals surface area contributed by atoms with Crippen molar-refractivity contribution in [3.05, 3.63) is 69.8 Å². The third-order valence-electron chi connectivity index (χ3n) is 4.52. The summed E-state index contributed by atoms with van der Waals surface area (Å²) in [6, 6.07) is 11.4. The van der Waals surface area contributed by atoms with E-state index in [1.165, 1.54) is 18.2 Å². The molecule has 0 aliphatic carbocycles. The molecule has 0 aliphatic rings. The highest BCUT2D eigenvalue weighted by Gasteiger charge is 2.16. The summed E-state index contributed by atoms with van der Waals surface area (Å²) >= 11 is 0. The Labute approximate surface area is 156 Å². The van der Waals surface area contributed by atoms with Gasteiger partial charge in [0.1, 0.15) is 11.4 Å². The van der Waals surface area contributed by atoms with Gasteiger partial charge in [0.25, 0.3) is 0 Å². The van der Waals surface area contributed by atoms with E-state index >= 15 is 0 Å². The van der Waals surface area contributed by atoms with Crippen molar-refractivity contribution < 1.29 is 18.3 Å². The average molecular weight is 368 g/mol. The summed E-state index contributed by atoms with van der Waals surface area (Å²) in [5.74, 6) is -0.870. The number of hydrogen-bond acceptors (Lipinski definition) is 4. The van der Waals surface area contributed by atoms with Gasteiger partial charge >= 0.3 is 11.6 Å². The number of halogens is 1. The number of fused-ring (bicyclic) bond motifs is 1. The van der Waals surface area contributed by atoms with Gasteiger partial charge in [-0.05, 0) is 55.2 Å². The summed E-state index contributed by atoms with van der Waals surface area (Å²) in [6.07, 6.45) is 0.484. The van der Waals surface area contributed by atoms with Crippen LogP contribution in [0.25, 0.3) is 22.1 Å². The maximum Gasteiger partial charge on any atom is 0.336 e. The lowest BCUT2D eigenvalue weighted by atomic mass is 9.95. The van der Waals surface area contributed by atoms with Crippen LogP contribution in [0.5, 0.6) is 0 Å². The molecule has 1 heterocycles. The van der Waals surface area contributed by atoms with Crippen LogP contribution in [0.1, 0.15) is 25.0 Å². The van der Waals surface area contributed by atoms with Gasteiger partial charge in [0.05, 0.1) is 12.5 Å². The Balaban J connectivity index is 2.03. The molecule has 0 radical (unpaired) electrons. The largest absolute Gasteiger partial charge is 0.466 e. The van der Waals surface area contributed by atoms with Crippen molar-refractivity contribution >= 4 is 16.9 Å². The van der Waals surface area contributed by atoms with Crippen LogP contribution in [0, 0.1) is 18.7 Å². The second kappa shape index (κ2) is 7.74. The second-order valence-corrected chi connectivity index (χ2v) is 6.63. The molecule has 1 atom stereocenters. The van der Waals surface area contributed by atoms with Crippen LogP contribution < -0.4 is 5.63 Å². The highest BCUT2D eigenvalue weighted by molar-refractivity contribution is 5.94. The van der Waals surface area contributed by atoms with Crippen LogP contribution in [0.2, 0.25) is 0 Å². The average Bonchev–Trinajstić information content (AvgIpc) is 2.61. The summed E-state index contributed by atoms with van der Waals surface area (Å²) in [5.41, 5.74) is 3.05. The van der Waals surface area contributed by atoms with Crippen molar-refractivity contribution in [2.45, 2.75) is 27.2 Å². The second-order valence-electron chi connectivity index (χ2n) is 6.63. The number of aryl methyl sites for hydroxylation is 1. The maximum absolute atomic E-state index is 13.4. The Morgan fingerprint density at radius 2 is 1.93 bits per heavy atom. The number of hydrogen-bond donors (Lipinski definition) is 0. The van der Waals surface area contributed by atoms with E-state index in [-0.39, 0.29) is 17.7 Å². The first-order valence-corrected chi connectivity index (χ1v) is 8.89. The van der Waals surface area contributed by atoms with Gasteiger partial charge in [-0.1, -0.05) is 25.1 Å². The van der Waals surface area contributed by atoms with Crippen molar-refractivity contribution in [1.29, 1.82) is 0 Å². The van der Waals surface area contributed by atoms with Gasteiger partial charge in [-0.3, -0.25) is 4.79 Å². The molecule has 0 spiro atoms. The Morgan fingerprint density at radius 3 is 2.63 bits per heavy atom. The van der Waals surface area contributed by atoms with Crippen molar-refractivity contribution in [3.63, 3.8) is 0 Å². The molecule has 4 nitrogen and oxygen atoms in total. The number of esters is 1. The standard InChI is InChI=1S/C22H21FO4/c1-4-26-22(25)14(3)9-15-5-7-18-19(12-21(24)27-20(18)11-15)17-8-6-16(23)10-13(17)2/h5-8,10-12,14H,4,9H2,1-3H3. The van der Waals surface area contributed by atoms with E-state index in [1.54, 1.807) is 32.9 Å². The topological polar surface area (TPSA) is 56.5 Å². The summed E-state index contributed by atoms with van der Waals surface area (Å²) in [7, 11) is 0. The van der Waals surface area contributed by atoms with Gasteiger partial charge in [0.2, 0.25) is 0 Å². The fourth-order valence-electron chi connectivity index (χ4n) is 3.21. The molecule has 1 unspecified atom stereocenters. The molecule has 27 heavy (non-hydrogen) atoms. The molecular formula is C22H21FO4. The third kappa shape index (κ3) is 4.08. The molecule has 0 fully saturated rings. The molecule has 5 heteroatoms. The lowest BCUT2D eigenvalue weighted by molar-refractivity contribution is -0.147. The number of ether oxygens (including phenoxy) is 1. The number of carbonyl (C=O) groups is 1. The van der Waals surface area contributed by atoms with Gasteiger partial charge in [-0.25, -0.2) is 9.18 Å². The highest BCUT2D eigenvalue weighted by atomic mass is 19.1. The monoisotopic (exact) mass is 368 g/mol. The summed E-state index contributed by atoms with van der Waals surface area (Å²) in [6.45, 7) is 5.72. The van der Waals surface area contributed by atoms with Gasteiger partial charge in [0, 0.05) is 17.0 Å². The molecule has 140 valence electrons. The van der Waals surface area contributed by atoms with Crippen molar-refractivity contribution in [2.75, 3.05) is 6.61 Å². The molecule has 1 aromatic heterocycles. The molecule has 3 aromatic rings. The quantitative estimate of drug-likeness (QED) is 0.486. The number of carbonyl (C=O) groups excluding carboxylic acids is 1. The molecule has 0 aliphatic heterocycles. The predicted molar refractivity (Wildman–Crippen MR) is 102 cm³/mol. The van der Waals surface area contributed by atoms with Gasteiger partial charge < -0.3 is 9.15 Å². The van der Waals surface area contributed by atoms with Crippen LogP contribution in [0.4, 0.5) is 4.39 Å². The molecule has 2 aromatic carbocycles. The molecule has 0 N–H and O–H groups in total. The fourth-order valence-corrected chi connectivity index (χ4v) is 3.21. The Bertz CT molecular complexity index is 1050. The van der Waals surface area contributed by atoms with E-state index in [4.69, 9.17) is 9.15 Å². The highest BCUT2D eigenvalue weighted by Crippen LogP contribution is 2.31. The van der Waals surface area contributed by atoms with Crippen LogP contribution in [-0.4, -0.2) is 12.6 Å². The van der Waals surface area contributed by atoms with E-state index in [9.17, 15) is 14.0 Å². The molecule has 0 saturated carbocycles. The van der Waals surface area contributed by atoms with Crippen molar-refractivity contribution in [1.82, 2.24) is 0 Å². The first kappa shape index (κ1) is 18.8. The normalized spacial score (nSPS) is 12.1. The van der Waals surface area contributed by atoms with E-state index in [2.05, 4.69) is 0 Å². The summed E-state index contributed by atoms with van der Waals surface area (Å²) in [5, 5.41) is 0.761. The molecule has 0 amide bonds. The van der Waals surface area contributed by atoms with Gasteiger partial charge in [-0.15, -0.1) is 0 Å². The van der Waals surface area contributed by atoms with E-state index in [0.717, 1.165) is 22.1 Å². The van der Waals surface area contributed by atoms with Gasteiger partial charge in [-0.2, -0.15) is 0 Å². The first-order valence-electron chi connectivity index (χ1n) is 8.89. The van der Waals surface area contributed by atoms with E-state index in [1.807, 2.05) is 12.1 Å². The maximum atomic E-state index is 13.4. The minimum absolute atomic E-state index is 0.255. The minimum Gasteiger partial charge on any atom is -0.466 e. The molecule has 3 rings (SSSR count). The molecular weight excluding hydrogens is 347 g/mol. The third-order valence-corrected chi connectivity index (χ3v) is 4.52. The van der Waals surface area contributed by atoms with E-state index < -0.39 is 5.63 Å². The first-order chi connectivity index (χ1) is 12.9. The molecule has 0 saturated heterocycles. The molecule has 0 bridgehead atoms. The lowest BCUT2D eigenvalue weighted by Gasteiger charge is -2.12. The van der Waals surface area contributed by atoms with E-state index in [0.29, 0.717) is 24.2 Å². The Morgan fingerprint density at radius 1 is 1.15 bits per heavy atom.